The van der Waals surface area contributed by atoms with E-state index in [1.54, 1.807) is 19.1 Å². The number of halogens is 4. The molecule has 0 saturated heterocycles. The van der Waals surface area contributed by atoms with E-state index in [4.69, 9.17) is 9.47 Å². The van der Waals surface area contributed by atoms with Gasteiger partial charge in [0.25, 0.3) is 10.1 Å². The monoisotopic (exact) mass is 538 g/mol. The fraction of sp³-hybridized carbons (Fsp3) is 0.429. The summed E-state index contributed by atoms with van der Waals surface area (Å²) >= 11 is 3.29. The van der Waals surface area contributed by atoms with E-state index in [1.807, 2.05) is 0 Å². The molecule has 1 aliphatic rings. The molecule has 0 bridgehead atoms. The van der Waals surface area contributed by atoms with Crippen LogP contribution in [0.1, 0.15) is 31.4 Å². The van der Waals surface area contributed by atoms with Crippen LogP contribution in [0.15, 0.2) is 45.8 Å². The number of rotatable bonds is 7. The maximum atomic E-state index is 13.9. The van der Waals surface area contributed by atoms with Crippen molar-refractivity contribution in [1.82, 2.24) is 0 Å². The van der Waals surface area contributed by atoms with Gasteiger partial charge in [-0.1, -0.05) is 37.6 Å². The highest BCUT2D eigenvalue weighted by molar-refractivity contribution is 9.10. The zero-order valence-corrected chi connectivity index (χ0v) is 19.9. The molecular weight excluding hydrogens is 517 g/mol. The number of ether oxygens (including phenoxy) is 2. The highest BCUT2D eigenvalue weighted by Crippen LogP contribution is 2.49. The van der Waals surface area contributed by atoms with Gasteiger partial charge in [-0.2, -0.15) is 21.6 Å². The third-order valence-corrected chi connectivity index (χ3v) is 7.13. The average molecular weight is 539 g/mol. The summed E-state index contributed by atoms with van der Waals surface area (Å²) in [6.45, 7) is 3.12. The van der Waals surface area contributed by atoms with E-state index in [9.17, 15) is 26.7 Å². The van der Waals surface area contributed by atoms with Gasteiger partial charge in [0.2, 0.25) is 6.79 Å². The van der Waals surface area contributed by atoms with E-state index in [1.165, 1.54) is 38.1 Å². The number of aliphatic hydroxyl groups is 1. The SMILES string of the molecule is Cc1ccc(S(=O)(=O)OCC(O)(CC(C)(C)c2ccc(Br)c3c2OCO3)C(F)(F)F)cc1. The first-order valence-electron chi connectivity index (χ1n) is 9.50. The zero-order valence-electron chi connectivity index (χ0n) is 17.5. The standard InChI is InChI=1S/C21H22BrF3O6S/c1-13-4-6-14(7-5-13)32(27,28)31-11-20(26,21(23,24)25)10-19(2,3)15-8-9-16(22)18-17(15)29-12-30-18/h4-9,26H,10-12H2,1-3H3. The van der Waals surface area contributed by atoms with Gasteiger partial charge in [0, 0.05) is 5.56 Å². The van der Waals surface area contributed by atoms with Gasteiger partial charge in [0.15, 0.2) is 17.1 Å². The lowest BCUT2D eigenvalue weighted by Crippen LogP contribution is -2.52. The lowest BCUT2D eigenvalue weighted by molar-refractivity contribution is -0.274. The normalized spacial score (nSPS) is 16.1. The largest absolute Gasteiger partial charge is 0.453 e. The molecule has 3 rings (SSSR count). The van der Waals surface area contributed by atoms with Crippen molar-refractivity contribution in [2.45, 2.75) is 49.3 Å². The van der Waals surface area contributed by atoms with Crippen molar-refractivity contribution in [3.8, 4) is 11.5 Å². The molecule has 11 heteroatoms. The highest BCUT2D eigenvalue weighted by atomic mass is 79.9. The first-order valence-corrected chi connectivity index (χ1v) is 11.7. The van der Waals surface area contributed by atoms with Crippen LogP contribution in [0, 0.1) is 6.92 Å². The fourth-order valence-electron chi connectivity index (χ4n) is 3.50. The second kappa shape index (κ2) is 8.51. The first kappa shape index (κ1) is 24.8. The number of alkyl halides is 3. The maximum Gasteiger partial charge on any atom is 0.419 e. The van der Waals surface area contributed by atoms with Crippen molar-refractivity contribution < 1.29 is 40.4 Å². The Kier molecular flexibility index (Phi) is 6.60. The molecule has 176 valence electrons. The van der Waals surface area contributed by atoms with Crippen LogP contribution in [0.2, 0.25) is 0 Å². The van der Waals surface area contributed by atoms with Crippen molar-refractivity contribution in [2.24, 2.45) is 0 Å². The van der Waals surface area contributed by atoms with Crippen LogP contribution < -0.4 is 9.47 Å². The van der Waals surface area contributed by atoms with Gasteiger partial charge in [-0.15, -0.1) is 0 Å². The molecule has 0 aliphatic carbocycles. The Hall–Kier alpha value is -1.82. The number of benzene rings is 2. The molecule has 6 nitrogen and oxygen atoms in total. The summed E-state index contributed by atoms with van der Waals surface area (Å²) in [6.07, 6.45) is -6.05. The first-order chi connectivity index (χ1) is 14.7. The molecule has 0 spiro atoms. The molecule has 2 aromatic carbocycles. The molecular formula is C21H22BrF3O6S. The molecule has 1 heterocycles. The van der Waals surface area contributed by atoms with Crippen LogP contribution in [0.3, 0.4) is 0 Å². The Balaban J connectivity index is 1.89. The van der Waals surface area contributed by atoms with Crippen LogP contribution in [-0.4, -0.2) is 38.7 Å². The van der Waals surface area contributed by atoms with Gasteiger partial charge >= 0.3 is 6.18 Å². The van der Waals surface area contributed by atoms with E-state index in [2.05, 4.69) is 20.1 Å². The van der Waals surface area contributed by atoms with Gasteiger partial charge < -0.3 is 14.6 Å². The summed E-state index contributed by atoms with van der Waals surface area (Å²) in [5, 5.41) is 10.6. The van der Waals surface area contributed by atoms with Crippen molar-refractivity contribution in [3.05, 3.63) is 52.0 Å². The second-order valence-corrected chi connectivity index (χ2v) is 10.7. The molecule has 1 N–H and O–H groups in total. The Morgan fingerprint density at radius 3 is 2.25 bits per heavy atom. The van der Waals surface area contributed by atoms with Gasteiger partial charge in [-0.25, -0.2) is 0 Å². The van der Waals surface area contributed by atoms with Gasteiger partial charge in [0.05, 0.1) is 9.37 Å². The molecule has 0 fully saturated rings. The quantitative estimate of drug-likeness (QED) is 0.507. The summed E-state index contributed by atoms with van der Waals surface area (Å²) in [4.78, 5) is -0.303. The summed E-state index contributed by atoms with van der Waals surface area (Å²) in [7, 11) is -4.52. The number of hydrogen-bond donors (Lipinski definition) is 1. The number of aryl methyl sites for hydroxylation is 1. The lowest BCUT2D eigenvalue weighted by Gasteiger charge is -2.37. The zero-order chi connectivity index (χ0) is 23.9. The van der Waals surface area contributed by atoms with E-state index in [0.717, 1.165) is 5.56 Å². The van der Waals surface area contributed by atoms with Crippen LogP contribution in [0.4, 0.5) is 13.2 Å². The predicted molar refractivity (Wildman–Crippen MR) is 113 cm³/mol. The van der Waals surface area contributed by atoms with Crippen LogP contribution in [-0.2, 0) is 19.7 Å². The Morgan fingerprint density at radius 1 is 1.06 bits per heavy atom. The average Bonchev–Trinajstić information content (AvgIpc) is 3.16. The van der Waals surface area contributed by atoms with Gasteiger partial charge in [-0.3, -0.25) is 4.18 Å². The minimum atomic E-state index is -5.16. The van der Waals surface area contributed by atoms with Crippen molar-refractivity contribution in [3.63, 3.8) is 0 Å². The minimum Gasteiger partial charge on any atom is -0.453 e. The van der Waals surface area contributed by atoms with Crippen molar-refractivity contribution >= 4 is 26.0 Å². The van der Waals surface area contributed by atoms with E-state index >= 15 is 0 Å². The van der Waals surface area contributed by atoms with Crippen molar-refractivity contribution in [2.75, 3.05) is 13.4 Å². The maximum absolute atomic E-state index is 13.9. The lowest BCUT2D eigenvalue weighted by atomic mass is 9.74. The summed E-state index contributed by atoms with van der Waals surface area (Å²) < 4.78 is 82.6. The number of hydrogen-bond acceptors (Lipinski definition) is 6. The second-order valence-electron chi connectivity index (χ2n) is 8.28. The molecule has 0 amide bonds. The molecule has 1 aliphatic heterocycles. The molecule has 0 saturated carbocycles. The Labute approximate surface area is 192 Å². The smallest absolute Gasteiger partial charge is 0.419 e. The van der Waals surface area contributed by atoms with E-state index in [-0.39, 0.29) is 17.4 Å². The summed E-state index contributed by atoms with van der Waals surface area (Å²) in [5.41, 5.74) is -3.60. The number of fused-ring (bicyclic) bond motifs is 1. The predicted octanol–water partition coefficient (Wildman–Crippen LogP) is 4.85. The topological polar surface area (TPSA) is 82.1 Å². The molecule has 0 radical (unpaired) electrons. The molecule has 2 aromatic rings. The molecule has 1 unspecified atom stereocenters. The van der Waals surface area contributed by atoms with Crippen molar-refractivity contribution in [1.29, 1.82) is 0 Å². The molecule has 32 heavy (non-hydrogen) atoms. The Bertz CT molecular complexity index is 1100. The minimum absolute atomic E-state index is 0.0948. The van der Waals surface area contributed by atoms with E-state index < -0.39 is 40.3 Å². The third kappa shape index (κ3) is 4.90. The summed E-state index contributed by atoms with van der Waals surface area (Å²) in [6, 6.07) is 8.61. The Morgan fingerprint density at radius 2 is 1.66 bits per heavy atom. The van der Waals surface area contributed by atoms with Crippen LogP contribution >= 0.6 is 15.9 Å². The van der Waals surface area contributed by atoms with Gasteiger partial charge in [-0.05, 0) is 52.9 Å². The van der Waals surface area contributed by atoms with Gasteiger partial charge in [0.1, 0.15) is 6.61 Å². The summed E-state index contributed by atoms with van der Waals surface area (Å²) in [5.74, 6) is 0.617. The van der Waals surface area contributed by atoms with Crippen LogP contribution in [0.5, 0.6) is 11.5 Å². The molecule has 1 atom stereocenters. The fourth-order valence-corrected chi connectivity index (χ4v) is 4.89. The highest BCUT2D eigenvalue weighted by Gasteiger charge is 2.57. The van der Waals surface area contributed by atoms with E-state index in [0.29, 0.717) is 15.8 Å². The third-order valence-electron chi connectivity index (χ3n) is 5.22. The van der Waals surface area contributed by atoms with Crippen LogP contribution in [0.25, 0.3) is 0 Å². The molecule has 0 aromatic heterocycles.